The van der Waals surface area contributed by atoms with Crippen molar-refractivity contribution in [1.29, 1.82) is 0 Å². The Hall–Kier alpha value is -1.10. The molecule has 2 aliphatic rings. The Bertz CT molecular complexity index is 543. The second kappa shape index (κ2) is 7.65. The minimum absolute atomic E-state index is 0.0114. The predicted molar refractivity (Wildman–Crippen MR) is 94.0 cm³/mol. The third kappa shape index (κ3) is 4.46. The van der Waals surface area contributed by atoms with Crippen molar-refractivity contribution in [2.24, 2.45) is 0 Å². The van der Waals surface area contributed by atoms with Gasteiger partial charge < -0.3 is 10.2 Å². The molecule has 3 rings (SSSR count). The molecule has 1 amide bonds. The third-order valence-corrected chi connectivity index (χ3v) is 5.31. The Morgan fingerprint density at radius 2 is 2.00 bits per heavy atom. The van der Waals surface area contributed by atoms with Crippen LogP contribution in [0.3, 0.4) is 0 Å². The van der Waals surface area contributed by atoms with E-state index in [1.807, 2.05) is 12.1 Å². The fourth-order valence-corrected chi connectivity index (χ4v) is 3.90. The lowest BCUT2D eigenvalue weighted by Gasteiger charge is -2.41. The maximum atomic E-state index is 12.4. The minimum Gasteiger partial charge on any atom is -0.348 e. The Labute approximate surface area is 143 Å². The molecule has 23 heavy (non-hydrogen) atoms. The van der Waals surface area contributed by atoms with Crippen LogP contribution in [0.1, 0.15) is 36.0 Å². The molecular formula is C18H26ClN3O. The highest BCUT2D eigenvalue weighted by Gasteiger charge is 2.28. The predicted octanol–water partition coefficient (Wildman–Crippen LogP) is 2.63. The normalized spacial score (nSPS) is 24.5. The SMILES string of the molecule is CN1CCC(N2CCC[C@H](NC(=O)c3cccc(Cl)c3)C2)CC1. The van der Waals surface area contributed by atoms with Gasteiger partial charge in [-0.3, -0.25) is 9.69 Å². The molecule has 4 nitrogen and oxygen atoms in total. The molecule has 1 N–H and O–H groups in total. The number of carbonyl (C=O) groups excluding carboxylic acids is 1. The van der Waals surface area contributed by atoms with Crippen molar-refractivity contribution in [3.05, 3.63) is 34.9 Å². The van der Waals surface area contributed by atoms with Crippen LogP contribution in [0, 0.1) is 0 Å². The molecule has 2 fully saturated rings. The molecule has 2 heterocycles. The summed E-state index contributed by atoms with van der Waals surface area (Å²) in [4.78, 5) is 17.4. The molecule has 0 saturated carbocycles. The van der Waals surface area contributed by atoms with Crippen molar-refractivity contribution in [2.75, 3.05) is 33.2 Å². The number of benzene rings is 1. The molecule has 0 radical (unpaired) electrons. The fraction of sp³-hybridized carbons (Fsp3) is 0.611. The van der Waals surface area contributed by atoms with E-state index in [1.54, 1.807) is 12.1 Å². The lowest BCUT2D eigenvalue weighted by atomic mass is 9.98. The van der Waals surface area contributed by atoms with Crippen LogP contribution in [-0.4, -0.2) is 61.0 Å². The van der Waals surface area contributed by atoms with Crippen LogP contribution >= 0.6 is 11.6 Å². The van der Waals surface area contributed by atoms with Crippen molar-refractivity contribution in [3.8, 4) is 0 Å². The van der Waals surface area contributed by atoms with Crippen LogP contribution < -0.4 is 5.32 Å². The molecule has 0 aliphatic carbocycles. The Morgan fingerprint density at radius 3 is 2.74 bits per heavy atom. The van der Waals surface area contributed by atoms with Crippen molar-refractivity contribution < 1.29 is 4.79 Å². The maximum Gasteiger partial charge on any atom is 0.251 e. The van der Waals surface area contributed by atoms with E-state index < -0.39 is 0 Å². The number of hydrogen-bond acceptors (Lipinski definition) is 3. The van der Waals surface area contributed by atoms with E-state index in [4.69, 9.17) is 11.6 Å². The smallest absolute Gasteiger partial charge is 0.251 e. The number of nitrogens with one attached hydrogen (secondary N) is 1. The van der Waals surface area contributed by atoms with Gasteiger partial charge in [-0.25, -0.2) is 0 Å². The van der Waals surface area contributed by atoms with E-state index in [9.17, 15) is 4.79 Å². The molecule has 0 unspecified atom stereocenters. The number of amides is 1. The Balaban J connectivity index is 1.55. The summed E-state index contributed by atoms with van der Waals surface area (Å²) in [5.74, 6) is -0.0114. The molecule has 1 atom stereocenters. The monoisotopic (exact) mass is 335 g/mol. The molecule has 2 aliphatic heterocycles. The number of hydrogen-bond donors (Lipinski definition) is 1. The van der Waals surface area contributed by atoms with Crippen molar-refractivity contribution in [2.45, 2.75) is 37.8 Å². The van der Waals surface area contributed by atoms with Gasteiger partial charge in [0.05, 0.1) is 0 Å². The zero-order chi connectivity index (χ0) is 16.2. The van der Waals surface area contributed by atoms with Gasteiger partial charge in [0.2, 0.25) is 0 Å². The van der Waals surface area contributed by atoms with Crippen LogP contribution in [0.2, 0.25) is 5.02 Å². The molecule has 5 heteroatoms. The third-order valence-electron chi connectivity index (χ3n) is 5.08. The van der Waals surface area contributed by atoms with E-state index in [2.05, 4.69) is 22.2 Å². The average molecular weight is 336 g/mol. The maximum absolute atomic E-state index is 12.4. The number of likely N-dealkylation sites (tertiary alicyclic amines) is 2. The number of piperidine rings is 2. The summed E-state index contributed by atoms with van der Waals surface area (Å²) >= 11 is 5.98. The molecule has 0 bridgehead atoms. The summed E-state index contributed by atoms with van der Waals surface area (Å²) in [5.41, 5.74) is 0.647. The quantitative estimate of drug-likeness (QED) is 0.922. The molecule has 126 valence electrons. The van der Waals surface area contributed by atoms with Gasteiger partial charge in [-0.2, -0.15) is 0 Å². The minimum atomic E-state index is -0.0114. The average Bonchev–Trinajstić information content (AvgIpc) is 2.56. The second-order valence-electron chi connectivity index (χ2n) is 6.85. The van der Waals surface area contributed by atoms with Gasteiger partial charge in [0, 0.05) is 29.2 Å². The van der Waals surface area contributed by atoms with Gasteiger partial charge in [0.1, 0.15) is 0 Å². The first-order chi connectivity index (χ1) is 11.1. The second-order valence-corrected chi connectivity index (χ2v) is 7.29. The summed E-state index contributed by atoms with van der Waals surface area (Å²) in [7, 11) is 2.19. The number of halogens is 1. The fourth-order valence-electron chi connectivity index (χ4n) is 3.71. The molecule has 0 aromatic heterocycles. The number of rotatable bonds is 3. The molecule has 1 aromatic carbocycles. The molecule has 0 spiro atoms. The van der Waals surface area contributed by atoms with Gasteiger partial charge in [-0.1, -0.05) is 17.7 Å². The summed E-state index contributed by atoms with van der Waals surface area (Å²) in [6, 6.07) is 8.09. The van der Waals surface area contributed by atoms with E-state index in [0.29, 0.717) is 16.6 Å². The molecular weight excluding hydrogens is 310 g/mol. The van der Waals surface area contributed by atoms with E-state index >= 15 is 0 Å². The lowest BCUT2D eigenvalue weighted by molar-refractivity contribution is 0.0766. The van der Waals surface area contributed by atoms with Crippen LogP contribution in [0.25, 0.3) is 0 Å². The summed E-state index contributed by atoms with van der Waals surface area (Å²) in [6.07, 6.45) is 4.71. The van der Waals surface area contributed by atoms with Gasteiger partial charge in [-0.15, -0.1) is 0 Å². The standard InChI is InChI=1S/C18H26ClN3O/c1-21-10-7-17(8-11-21)22-9-3-6-16(13-22)20-18(23)14-4-2-5-15(19)12-14/h2,4-5,12,16-17H,3,6-11,13H2,1H3,(H,20,23)/t16-/m0/s1. The lowest BCUT2D eigenvalue weighted by Crippen LogP contribution is -2.53. The summed E-state index contributed by atoms with van der Waals surface area (Å²) in [5, 5.41) is 3.80. The van der Waals surface area contributed by atoms with Crippen LogP contribution in [0.5, 0.6) is 0 Å². The molecule has 1 aromatic rings. The highest BCUT2D eigenvalue weighted by atomic mass is 35.5. The molecule has 2 saturated heterocycles. The van der Waals surface area contributed by atoms with Gasteiger partial charge in [-0.05, 0) is 70.6 Å². The van der Waals surface area contributed by atoms with Gasteiger partial charge in [0.15, 0.2) is 0 Å². The highest BCUT2D eigenvalue weighted by molar-refractivity contribution is 6.30. The van der Waals surface area contributed by atoms with Crippen LogP contribution in [0.4, 0.5) is 0 Å². The number of carbonyl (C=O) groups is 1. The summed E-state index contributed by atoms with van der Waals surface area (Å²) < 4.78 is 0. The summed E-state index contributed by atoms with van der Waals surface area (Å²) in [6.45, 7) is 4.50. The van der Waals surface area contributed by atoms with Crippen molar-refractivity contribution >= 4 is 17.5 Å². The van der Waals surface area contributed by atoms with E-state index in [0.717, 1.165) is 25.9 Å². The largest absolute Gasteiger partial charge is 0.348 e. The van der Waals surface area contributed by atoms with Gasteiger partial charge >= 0.3 is 0 Å². The van der Waals surface area contributed by atoms with E-state index in [1.165, 1.54) is 25.9 Å². The van der Waals surface area contributed by atoms with Gasteiger partial charge in [0.25, 0.3) is 5.91 Å². The Kier molecular flexibility index (Phi) is 5.57. The number of nitrogens with zero attached hydrogens (tertiary/aromatic N) is 2. The van der Waals surface area contributed by atoms with Crippen LogP contribution in [0.15, 0.2) is 24.3 Å². The zero-order valence-corrected chi connectivity index (χ0v) is 14.6. The topological polar surface area (TPSA) is 35.6 Å². The first-order valence-corrected chi connectivity index (χ1v) is 8.98. The van der Waals surface area contributed by atoms with Crippen molar-refractivity contribution in [3.63, 3.8) is 0 Å². The zero-order valence-electron chi connectivity index (χ0n) is 13.8. The highest BCUT2D eigenvalue weighted by Crippen LogP contribution is 2.21. The van der Waals surface area contributed by atoms with Crippen molar-refractivity contribution in [1.82, 2.24) is 15.1 Å². The van der Waals surface area contributed by atoms with Crippen LogP contribution in [-0.2, 0) is 0 Å². The van der Waals surface area contributed by atoms with E-state index in [-0.39, 0.29) is 11.9 Å². The first-order valence-electron chi connectivity index (χ1n) is 8.61. The Morgan fingerprint density at radius 1 is 1.22 bits per heavy atom. The first kappa shape index (κ1) is 16.7.